The fourth-order valence-corrected chi connectivity index (χ4v) is 2.36. The SMILES string of the molecule is CNCc1nnc(SC(C)C(=O)NC2CC2)n1C. The van der Waals surface area contributed by atoms with Gasteiger partial charge in [0.25, 0.3) is 0 Å². The Morgan fingerprint density at radius 3 is 2.89 bits per heavy atom. The molecule has 100 valence electrons. The summed E-state index contributed by atoms with van der Waals surface area (Å²) in [6.07, 6.45) is 2.22. The van der Waals surface area contributed by atoms with Gasteiger partial charge in [-0.3, -0.25) is 4.79 Å². The Labute approximate surface area is 111 Å². The highest BCUT2D eigenvalue weighted by atomic mass is 32.2. The molecule has 0 saturated heterocycles. The maximum Gasteiger partial charge on any atom is 0.233 e. The average Bonchev–Trinajstić information content (AvgIpc) is 3.09. The van der Waals surface area contributed by atoms with E-state index in [1.807, 2.05) is 25.6 Å². The van der Waals surface area contributed by atoms with Crippen LogP contribution in [-0.2, 0) is 18.4 Å². The lowest BCUT2D eigenvalue weighted by molar-refractivity contribution is -0.120. The van der Waals surface area contributed by atoms with Gasteiger partial charge in [-0.2, -0.15) is 0 Å². The highest BCUT2D eigenvalue weighted by Gasteiger charge is 2.26. The lowest BCUT2D eigenvalue weighted by atomic mass is 10.4. The fourth-order valence-electron chi connectivity index (χ4n) is 1.52. The second-order valence-corrected chi connectivity index (χ2v) is 5.84. The minimum absolute atomic E-state index is 0.0840. The van der Waals surface area contributed by atoms with E-state index in [1.165, 1.54) is 11.8 Å². The molecule has 6 nitrogen and oxygen atoms in total. The maximum atomic E-state index is 11.8. The molecule has 1 aliphatic carbocycles. The van der Waals surface area contributed by atoms with E-state index in [2.05, 4.69) is 20.8 Å². The quantitative estimate of drug-likeness (QED) is 0.727. The summed E-state index contributed by atoms with van der Waals surface area (Å²) in [4.78, 5) is 11.8. The van der Waals surface area contributed by atoms with Gasteiger partial charge in [-0.25, -0.2) is 0 Å². The molecule has 1 fully saturated rings. The Bertz CT molecular complexity index is 429. The monoisotopic (exact) mass is 269 g/mol. The van der Waals surface area contributed by atoms with Crippen molar-refractivity contribution < 1.29 is 4.79 Å². The van der Waals surface area contributed by atoms with Crippen LogP contribution < -0.4 is 10.6 Å². The number of hydrogen-bond acceptors (Lipinski definition) is 5. The second kappa shape index (κ2) is 5.71. The first kappa shape index (κ1) is 13.4. The summed E-state index contributed by atoms with van der Waals surface area (Å²) in [5.74, 6) is 0.954. The third-order valence-corrected chi connectivity index (χ3v) is 3.97. The normalized spacial score (nSPS) is 16.6. The Kier molecular flexibility index (Phi) is 4.23. The predicted molar refractivity (Wildman–Crippen MR) is 70.3 cm³/mol. The van der Waals surface area contributed by atoms with Crippen LogP contribution in [0.4, 0.5) is 0 Å². The lowest BCUT2D eigenvalue weighted by Crippen LogP contribution is -2.32. The van der Waals surface area contributed by atoms with Crippen molar-refractivity contribution in [1.82, 2.24) is 25.4 Å². The Morgan fingerprint density at radius 2 is 2.28 bits per heavy atom. The maximum absolute atomic E-state index is 11.8. The molecular weight excluding hydrogens is 250 g/mol. The molecule has 18 heavy (non-hydrogen) atoms. The summed E-state index contributed by atoms with van der Waals surface area (Å²) in [6.45, 7) is 2.57. The van der Waals surface area contributed by atoms with Gasteiger partial charge in [-0.1, -0.05) is 11.8 Å². The van der Waals surface area contributed by atoms with Gasteiger partial charge >= 0.3 is 0 Å². The molecule has 2 rings (SSSR count). The summed E-state index contributed by atoms with van der Waals surface area (Å²) in [7, 11) is 3.79. The molecule has 1 saturated carbocycles. The molecule has 1 atom stereocenters. The molecule has 2 N–H and O–H groups in total. The number of rotatable bonds is 6. The average molecular weight is 269 g/mol. The van der Waals surface area contributed by atoms with E-state index < -0.39 is 0 Å². The number of carbonyl (C=O) groups is 1. The van der Waals surface area contributed by atoms with Crippen molar-refractivity contribution in [3.8, 4) is 0 Å². The Morgan fingerprint density at radius 1 is 1.56 bits per heavy atom. The third-order valence-electron chi connectivity index (χ3n) is 2.84. The Balaban J connectivity index is 1.93. The number of hydrogen-bond donors (Lipinski definition) is 2. The zero-order valence-corrected chi connectivity index (χ0v) is 11.8. The van der Waals surface area contributed by atoms with E-state index >= 15 is 0 Å². The van der Waals surface area contributed by atoms with Gasteiger partial charge in [-0.05, 0) is 26.8 Å². The summed E-state index contributed by atoms with van der Waals surface area (Å²) >= 11 is 1.44. The van der Waals surface area contributed by atoms with Crippen molar-refractivity contribution in [3.05, 3.63) is 5.82 Å². The van der Waals surface area contributed by atoms with Crippen LogP contribution in [0, 0.1) is 0 Å². The number of amides is 1. The first-order valence-corrected chi connectivity index (χ1v) is 6.99. The molecule has 0 radical (unpaired) electrons. The molecule has 1 unspecified atom stereocenters. The number of nitrogens with zero attached hydrogens (tertiary/aromatic N) is 3. The first-order chi connectivity index (χ1) is 8.61. The van der Waals surface area contributed by atoms with Gasteiger partial charge < -0.3 is 15.2 Å². The van der Waals surface area contributed by atoms with Gasteiger partial charge in [0.05, 0.1) is 11.8 Å². The van der Waals surface area contributed by atoms with Crippen LogP contribution in [0.3, 0.4) is 0 Å². The predicted octanol–water partition coefficient (Wildman–Crippen LogP) is 0.294. The fraction of sp³-hybridized carbons (Fsp3) is 0.727. The van der Waals surface area contributed by atoms with E-state index in [1.54, 1.807) is 0 Å². The molecule has 7 heteroatoms. The molecule has 0 spiro atoms. The lowest BCUT2D eigenvalue weighted by Gasteiger charge is -2.10. The standard InChI is InChI=1S/C11H19N5OS/c1-7(10(17)13-8-4-5-8)18-11-15-14-9(6-12-2)16(11)3/h7-8,12H,4-6H2,1-3H3,(H,13,17). The summed E-state index contributed by atoms with van der Waals surface area (Å²) in [6, 6.07) is 0.403. The van der Waals surface area contributed by atoms with Crippen molar-refractivity contribution >= 4 is 17.7 Å². The van der Waals surface area contributed by atoms with E-state index in [-0.39, 0.29) is 11.2 Å². The van der Waals surface area contributed by atoms with Crippen molar-refractivity contribution in [2.24, 2.45) is 7.05 Å². The van der Waals surface area contributed by atoms with Crippen LogP contribution in [-0.4, -0.2) is 39.0 Å². The van der Waals surface area contributed by atoms with Crippen LogP contribution in [0.2, 0.25) is 0 Å². The molecule has 0 aromatic carbocycles. The second-order valence-electron chi connectivity index (χ2n) is 4.53. The summed E-state index contributed by atoms with van der Waals surface area (Å²) in [5, 5.41) is 14.9. The van der Waals surface area contributed by atoms with Crippen molar-refractivity contribution in [2.45, 2.75) is 42.8 Å². The van der Waals surface area contributed by atoms with E-state index in [0.29, 0.717) is 12.6 Å². The van der Waals surface area contributed by atoms with Crippen molar-refractivity contribution in [2.75, 3.05) is 7.05 Å². The third kappa shape index (κ3) is 3.23. The summed E-state index contributed by atoms with van der Waals surface area (Å²) < 4.78 is 1.92. The van der Waals surface area contributed by atoms with E-state index in [4.69, 9.17) is 0 Å². The van der Waals surface area contributed by atoms with E-state index in [9.17, 15) is 4.79 Å². The summed E-state index contributed by atoms with van der Waals surface area (Å²) in [5.41, 5.74) is 0. The number of nitrogens with one attached hydrogen (secondary N) is 2. The molecule has 1 aromatic rings. The molecule has 1 amide bonds. The zero-order chi connectivity index (χ0) is 13.1. The van der Waals surface area contributed by atoms with Crippen molar-refractivity contribution in [1.29, 1.82) is 0 Å². The molecule has 1 aliphatic rings. The first-order valence-electron chi connectivity index (χ1n) is 6.11. The topological polar surface area (TPSA) is 71.8 Å². The van der Waals surface area contributed by atoms with Gasteiger partial charge in [0.1, 0.15) is 5.82 Å². The van der Waals surface area contributed by atoms with Gasteiger partial charge in [0, 0.05) is 13.1 Å². The minimum Gasteiger partial charge on any atom is -0.352 e. The molecule has 0 aliphatic heterocycles. The number of carbonyl (C=O) groups excluding carboxylic acids is 1. The minimum atomic E-state index is -0.143. The van der Waals surface area contributed by atoms with E-state index in [0.717, 1.165) is 23.8 Å². The molecule has 0 bridgehead atoms. The van der Waals surface area contributed by atoms with Gasteiger partial charge in [0.15, 0.2) is 5.16 Å². The van der Waals surface area contributed by atoms with Crippen molar-refractivity contribution in [3.63, 3.8) is 0 Å². The molecule has 1 heterocycles. The van der Waals surface area contributed by atoms with Crippen LogP contribution in [0.5, 0.6) is 0 Å². The van der Waals surface area contributed by atoms with Gasteiger partial charge in [0.2, 0.25) is 5.91 Å². The smallest absolute Gasteiger partial charge is 0.233 e. The zero-order valence-electron chi connectivity index (χ0n) is 10.9. The number of thioether (sulfide) groups is 1. The molecule has 1 aromatic heterocycles. The highest BCUT2D eigenvalue weighted by Crippen LogP contribution is 2.24. The van der Waals surface area contributed by atoms with Crippen LogP contribution >= 0.6 is 11.8 Å². The largest absolute Gasteiger partial charge is 0.352 e. The van der Waals surface area contributed by atoms with Crippen LogP contribution in [0.25, 0.3) is 0 Å². The number of aromatic nitrogens is 3. The molecular formula is C11H19N5OS. The Hall–Kier alpha value is -1.08. The highest BCUT2D eigenvalue weighted by molar-refractivity contribution is 8.00. The van der Waals surface area contributed by atoms with Crippen LogP contribution in [0.1, 0.15) is 25.6 Å². The van der Waals surface area contributed by atoms with Gasteiger partial charge in [-0.15, -0.1) is 10.2 Å². The van der Waals surface area contributed by atoms with Crippen LogP contribution in [0.15, 0.2) is 5.16 Å².